The molecule has 1 aliphatic heterocycles. The first kappa shape index (κ1) is 13.7. The van der Waals surface area contributed by atoms with Gasteiger partial charge in [0.05, 0.1) is 0 Å². The van der Waals surface area contributed by atoms with Crippen molar-refractivity contribution >= 4 is 0 Å². The molecule has 0 aliphatic carbocycles. The Morgan fingerprint density at radius 2 is 2.25 bits per heavy atom. The minimum atomic E-state index is 0.616. The van der Waals surface area contributed by atoms with Gasteiger partial charge in [0.1, 0.15) is 0 Å². The maximum absolute atomic E-state index is 3.98. The van der Waals surface area contributed by atoms with Crippen molar-refractivity contribution in [3.63, 3.8) is 0 Å². The average Bonchev–Trinajstić information content (AvgIpc) is 2.24. The van der Waals surface area contributed by atoms with Gasteiger partial charge in [0.25, 0.3) is 0 Å². The van der Waals surface area contributed by atoms with Crippen molar-refractivity contribution in [1.82, 2.24) is 10.2 Å². The lowest BCUT2D eigenvalue weighted by Crippen LogP contribution is -2.41. The van der Waals surface area contributed by atoms with Crippen LogP contribution < -0.4 is 5.32 Å². The molecule has 1 fully saturated rings. The maximum Gasteiger partial charge on any atom is 0.00219 e. The van der Waals surface area contributed by atoms with E-state index in [1.807, 2.05) is 0 Å². The molecule has 1 aliphatic rings. The molecule has 0 spiro atoms. The van der Waals surface area contributed by atoms with E-state index >= 15 is 0 Å². The highest BCUT2D eigenvalue weighted by Gasteiger charge is 2.19. The molecular weight excluding hydrogens is 196 g/mol. The summed E-state index contributed by atoms with van der Waals surface area (Å²) >= 11 is 0. The van der Waals surface area contributed by atoms with E-state index in [2.05, 4.69) is 37.6 Å². The molecule has 1 N–H and O–H groups in total. The Morgan fingerprint density at radius 1 is 1.50 bits per heavy atom. The van der Waals surface area contributed by atoms with Crippen LogP contribution in [0.15, 0.2) is 12.2 Å². The second kappa shape index (κ2) is 7.08. The zero-order valence-electron chi connectivity index (χ0n) is 11.3. The summed E-state index contributed by atoms with van der Waals surface area (Å²) in [6.07, 6.45) is 3.91. The second-order valence-corrected chi connectivity index (χ2v) is 5.58. The number of piperidine rings is 1. The topological polar surface area (TPSA) is 15.3 Å². The lowest BCUT2D eigenvalue weighted by molar-refractivity contribution is 0.172. The molecule has 1 heterocycles. The van der Waals surface area contributed by atoms with Gasteiger partial charge in [-0.25, -0.2) is 0 Å². The van der Waals surface area contributed by atoms with Gasteiger partial charge in [-0.2, -0.15) is 0 Å². The summed E-state index contributed by atoms with van der Waals surface area (Å²) in [6.45, 7) is 15.5. The third kappa shape index (κ3) is 5.66. The predicted octanol–water partition coefficient (Wildman–Crippen LogP) is 2.66. The zero-order chi connectivity index (χ0) is 12.0. The Balaban J connectivity index is 2.21. The number of nitrogens with one attached hydrogen (secondary N) is 1. The molecule has 0 bridgehead atoms. The van der Waals surface area contributed by atoms with Crippen LogP contribution >= 0.6 is 0 Å². The third-order valence-electron chi connectivity index (χ3n) is 3.27. The maximum atomic E-state index is 3.98. The van der Waals surface area contributed by atoms with Crippen molar-refractivity contribution in [2.45, 2.75) is 46.1 Å². The highest BCUT2D eigenvalue weighted by molar-refractivity contribution is 4.89. The average molecular weight is 224 g/mol. The Bertz CT molecular complexity index is 211. The van der Waals surface area contributed by atoms with E-state index in [1.165, 1.54) is 44.6 Å². The molecule has 2 heteroatoms. The fraction of sp³-hybridized carbons (Fsp3) is 0.857. The first-order valence-electron chi connectivity index (χ1n) is 6.68. The monoisotopic (exact) mass is 224 g/mol. The molecule has 16 heavy (non-hydrogen) atoms. The summed E-state index contributed by atoms with van der Waals surface area (Å²) in [5, 5.41) is 3.56. The van der Waals surface area contributed by atoms with Crippen LogP contribution in [0.25, 0.3) is 0 Å². The normalized spacial score (nSPS) is 22.6. The molecule has 0 saturated carbocycles. The molecule has 1 unspecified atom stereocenters. The number of nitrogens with zero attached hydrogens (tertiary/aromatic N) is 1. The minimum Gasteiger partial charge on any atom is -0.314 e. The molecule has 0 aromatic heterocycles. The Morgan fingerprint density at radius 3 is 2.88 bits per heavy atom. The van der Waals surface area contributed by atoms with Crippen LogP contribution in [0.1, 0.15) is 40.0 Å². The number of rotatable bonds is 6. The fourth-order valence-corrected chi connectivity index (χ4v) is 2.27. The van der Waals surface area contributed by atoms with E-state index in [4.69, 9.17) is 0 Å². The summed E-state index contributed by atoms with van der Waals surface area (Å²) in [6, 6.07) is 0.616. The van der Waals surface area contributed by atoms with Crippen LogP contribution in [-0.4, -0.2) is 37.1 Å². The molecule has 2 nitrogen and oxygen atoms in total. The summed E-state index contributed by atoms with van der Waals surface area (Å²) in [5.41, 5.74) is 1.31. The van der Waals surface area contributed by atoms with Gasteiger partial charge in [-0.05, 0) is 45.2 Å². The SMILES string of the molecule is C=C(C)CCN1CCCC(CNC(C)C)C1. The molecule has 0 amide bonds. The van der Waals surface area contributed by atoms with Gasteiger partial charge < -0.3 is 10.2 Å². The molecule has 1 rings (SSSR count). The Labute approximate surface area is 101 Å². The van der Waals surface area contributed by atoms with Crippen molar-refractivity contribution in [3.8, 4) is 0 Å². The first-order valence-corrected chi connectivity index (χ1v) is 6.68. The van der Waals surface area contributed by atoms with E-state index in [0.717, 1.165) is 12.3 Å². The van der Waals surface area contributed by atoms with Crippen LogP contribution in [0.4, 0.5) is 0 Å². The van der Waals surface area contributed by atoms with Crippen molar-refractivity contribution in [1.29, 1.82) is 0 Å². The van der Waals surface area contributed by atoms with Crippen molar-refractivity contribution in [3.05, 3.63) is 12.2 Å². The predicted molar refractivity (Wildman–Crippen MR) is 71.7 cm³/mol. The third-order valence-corrected chi connectivity index (χ3v) is 3.27. The van der Waals surface area contributed by atoms with Crippen LogP contribution in [-0.2, 0) is 0 Å². The van der Waals surface area contributed by atoms with E-state index in [9.17, 15) is 0 Å². The van der Waals surface area contributed by atoms with Gasteiger partial charge in [0.15, 0.2) is 0 Å². The molecule has 94 valence electrons. The first-order chi connectivity index (χ1) is 7.58. The van der Waals surface area contributed by atoms with Gasteiger partial charge in [0.2, 0.25) is 0 Å². The van der Waals surface area contributed by atoms with Gasteiger partial charge in [-0.1, -0.05) is 19.4 Å². The second-order valence-electron chi connectivity index (χ2n) is 5.58. The summed E-state index contributed by atoms with van der Waals surface area (Å²) in [5.74, 6) is 0.848. The Hall–Kier alpha value is -0.340. The quantitative estimate of drug-likeness (QED) is 0.698. The molecule has 1 atom stereocenters. The summed E-state index contributed by atoms with van der Waals surface area (Å²) in [7, 11) is 0. The smallest absolute Gasteiger partial charge is 0.00219 e. The van der Waals surface area contributed by atoms with Gasteiger partial charge >= 0.3 is 0 Å². The molecule has 0 aromatic carbocycles. The van der Waals surface area contributed by atoms with Crippen molar-refractivity contribution in [2.24, 2.45) is 5.92 Å². The van der Waals surface area contributed by atoms with E-state index in [0.29, 0.717) is 6.04 Å². The number of hydrogen-bond donors (Lipinski definition) is 1. The highest BCUT2D eigenvalue weighted by atomic mass is 15.1. The van der Waals surface area contributed by atoms with Crippen LogP contribution in [0.3, 0.4) is 0 Å². The molecule has 1 saturated heterocycles. The minimum absolute atomic E-state index is 0.616. The molecule has 0 aromatic rings. The number of likely N-dealkylation sites (tertiary alicyclic amines) is 1. The van der Waals surface area contributed by atoms with E-state index in [-0.39, 0.29) is 0 Å². The largest absolute Gasteiger partial charge is 0.314 e. The standard InChI is InChI=1S/C14H28N2/c1-12(2)7-9-16-8-5-6-14(11-16)10-15-13(3)4/h13-15H,1,5-11H2,2-4H3. The zero-order valence-corrected chi connectivity index (χ0v) is 11.3. The molecule has 0 radical (unpaired) electrons. The van der Waals surface area contributed by atoms with Crippen LogP contribution in [0.5, 0.6) is 0 Å². The lowest BCUT2D eigenvalue weighted by Gasteiger charge is -2.33. The van der Waals surface area contributed by atoms with Crippen LogP contribution in [0.2, 0.25) is 0 Å². The highest BCUT2D eigenvalue weighted by Crippen LogP contribution is 2.16. The summed E-state index contributed by atoms with van der Waals surface area (Å²) < 4.78 is 0. The lowest BCUT2D eigenvalue weighted by atomic mass is 9.97. The summed E-state index contributed by atoms with van der Waals surface area (Å²) in [4.78, 5) is 2.60. The van der Waals surface area contributed by atoms with Gasteiger partial charge in [-0.3, -0.25) is 0 Å². The fourth-order valence-electron chi connectivity index (χ4n) is 2.27. The van der Waals surface area contributed by atoms with Crippen LogP contribution in [0, 0.1) is 5.92 Å². The van der Waals surface area contributed by atoms with E-state index < -0.39 is 0 Å². The number of hydrogen-bond acceptors (Lipinski definition) is 2. The Kier molecular flexibility index (Phi) is 6.07. The van der Waals surface area contributed by atoms with Gasteiger partial charge in [-0.15, -0.1) is 6.58 Å². The van der Waals surface area contributed by atoms with Crippen molar-refractivity contribution < 1.29 is 0 Å². The molecular formula is C14H28N2. The van der Waals surface area contributed by atoms with Crippen molar-refractivity contribution in [2.75, 3.05) is 26.2 Å². The van der Waals surface area contributed by atoms with Gasteiger partial charge in [0, 0.05) is 19.1 Å². The van der Waals surface area contributed by atoms with E-state index in [1.54, 1.807) is 0 Å².